The van der Waals surface area contributed by atoms with E-state index in [4.69, 9.17) is 10.2 Å². The van der Waals surface area contributed by atoms with Gasteiger partial charge >= 0.3 is 11.9 Å². The highest BCUT2D eigenvalue weighted by molar-refractivity contribution is 5.69. The van der Waals surface area contributed by atoms with E-state index in [1.165, 1.54) is 6.92 Å². The Balaban J connectivity index is 3.71. The fraction of sp³-hybridized carbons (Fsp3) is 0.714. The molecule has 7 nitrogen and oxygen atoms in total. The van der Waals surface area contributed by atoms with Gasteiger partial charge in [0.25, 0.3) is 0 Å². The highest BCUT2D eigenvalue weighted by atomic mass is 16.4. The summed E-state index contributed by atoms with van der Waals surface area (Å²) in [5.74, 6) is -2.14. The third-order valence-electron chi connectivity index (χ3n) is 1.37. The van der Waals surface area contributed by atoms with Crippen molar-refractivity contribution in [3.05, 3.63) is 0 Å². The zero-order valence-electron chi connectivity index (χ0n) is 7.78. The molecule has 0 amide bonds. The summed E-state index contributed by atoms with van der Waals surface area (Å²) in [7, 11) is 0. The lowest BCUT2D eigenvalue weighted by Gasteiger charge is -2.23. The molecular weight excluding hydrogens is 192 g/mol. The molecule has 7 heteroatoms. The van der Waals surface area contributed by atoms with E-state index in [0.29, 0.717) is 0 Å². The van der Waals surface area contributed by atoms with E-state index < -0.39 is 17.7 Å². The van der Waals surface area contributed by atoms with Crippen LogP contribution < -0.4 is 10.6 Å². The van der Waals surface area contributed by atoms with E-state index in [0.717, 1.165) is 0 Å². The first-order chi connectivity index (χ1) is 6.33. The molecule has 0 rings (SSSR count). The van der Waals surface area contributed by atoms with Crippen molar-refractivity contribution in [2.45, 2.75) is 12.6 Å². The van der Waals surface area contributed by atoms with Crippen LogP contribution in [0.5, 0.6) is 0 Å². The van der Waals surface area contributed by atoms with E-state index in [-0.39, 0.29) is 19.6 Å². The van der Waals surface area contributed by atoms with Gasteiger partial charge in [-0.2, -0.15) is 0 Å². The number of hydrogen-bond acceptors (Lipinski definition) is 5. The molecule has 0 fully saturated rings. The summed E-state index contributed by atoms with van der Waals surface area (Å²) in [6.45, 7) is 0.629. The molecule has 1 atom stereocenters. The number of hydrogen-bond donors (Lipinski definition) is 5. The van der Waals surface area contributed by atoms with Gasteiger partial charge in [-0.3, -0.25) is 14.9 Å². The standard InChI is InChI=1S/C7H14N2O5/c1-7(14,9-3-6(12)13)4-8-2-5(10)11/h8-9,14H,2-4H2,1H3,(H,10,11)(H,12,13). The Hall–Kier alpha value is -1.18. The van der Waals surface area contributed by atoms with Gasteiger partial charge in [-0.25, -0.2) is 0 Å². The van der Waals surface area contributed by atoms with Gasteiger partial charge in [0.15, 0.2) is 0 Å². The van der Waals surface area contributed by atoms with Crippen molar-refractivity contribution >= 4 is 11.9 Å². The van der Waals surface area contributed by atoms with Crippen LogP contribution in [0.1, 0.15) is 6.92 Å². The molecule has 0 aliphatic carbocycles. The zero-order chi connectivity index (χ0) is 11.2. The molecule has 0 aromatic rings. The Kier molecular flexibility index (Phi) is 5.06. The molecule has 0 heterocycles. The maximum absolute atomic E-state index is 10.1. The van der Waals surface area contributed by atoms with Crippen molar-refractivity contribution in [3.8, 4) is 0 Å². The van der Waals surface area contributed by atoms with Gasteiger partial charge in [0, 0.05) is 6.54 Å². The van der Waals surface area contributed by atoms with Gasteiger partial charge < -0.3 is 20.6 Å². The zero-order valence-corrected chi connectivity index (χ0v) is 7.78. The molecule has 1 unspecified atom stereocenters. The maximum Gasteiger partial charge on any atom is 0.317 e. The fourth-order valence-corrected chi connectivity index (χ4v) is 0.741. The van der Waals surface area contributed by atoms with Gasteiger partial charge in [-0.15, -0.1) is 0 Å². The minimum absolute atomic E-state index is 0.0490. The molecule has 0 bridgehead atoms. The lowest BCUT2D eigenvalue weighted by atomic mass is 10.2. The second-order valence-corrected chi connectivity index (χ2v) is 3.02. The Bertz CT molecular complexity index is 216. The van der Waals surface area contributed by atoms with Crippen molar-refractivity contribution in [1.82, 2.24) is 10.6 Å². The van der Waals surface area contributed by atoms with Gasteiger partial charge in [0.2, 0.25) is 0 Å². The van der Waals surface area contributed by atoms with E-state index in [1.807, 2.05) is 0 Å². The third kappa shape index (κ3) is 7.47. The van der Waals surface area contributed by atoms with Gasteiger partial charge in [-0.05, 0) is 6.92 Å². The van der Waals surface area contributed by atoms with Crippen molar-refractivity contribution < 1.29 is 24.9 Å². The second-order valence-electron chi connectivity index (χ2n) is 3.02. The van der Waals surface area contributed by atoms with Crippen molar-refractivity contribution in [3.63, 3.8) is 0 Å². The Morgan fingerprint density at radius 2 is 1.71 bits per heavy atom. The monoisotopic (exact) mass is 206 g/mol. The summed E-state index contributed by atoms with van der Waals surface area (Å²) >= 11 is 0. The number of carbonyl (C=O) groups is 2. The van der Waals surface area contributed by atoms with Crippen LogP contribution in [0, 0.1) is 0 Å². The van der Waals surface area contributed by atoms with Crippen molar-refractivity contribution in [2.24, 2.45) is 0 Å². The molecule has 82 valence electrons. The van der Waals surface area contributed by atoms with Crippen LogP contribution >= 0.6 is 0 Å². The van der Waals surface area contributed by atoms with Crippen LogP contribution in [0.25, 0.3) is 0 Å². The predicted octanol–water partition coefficient (Wildman–Crippen LogP) is -1.96. The highest BCUT2D eigenvalue weighted by Crippen LogP contribution is 1.94. The summed E-state index contributed by atoms with van der Waals surface area (Å²) in [6.07, 6.45) is 0. The van der Waals surface area contributed by atoms with Crippen LogP contribution in [0.2, 0.25) is 0 Å². The SMILES string of the molecule is CC(O)(CNCC(=O)O)NCC(=O)O. The average molecular weight is 206 g/mol. The fourth-order valence-electron chi connectivity index (χ4n) is 0.741. The smallest absolute Gasteiger partial charge is 0.317 e. The summed E-state index contributed by atoms with van der Waals surface area (Å²) in [4.78, 5) is 20.2. The van der Waals surface area contributed by atoms with Crippen LogP contribution in [-0.4, -0.2) is 52.6 Å². The van der Waals surface area contributed by atoms with Crippen molar-refractivity contribution in [2.75, 3.05) is 19.6 Å². The molecule has 0 aromatic heterocycles. The molecule has 0 saturated carbocycles. The summed E-state index contributed by atoms with van der Waals surface area (Å²) in [5, 5.41) is 30.8. The Morgan fingerprint density at radius 3 is 2.14 bits per heavy atom. The first kappa shape index (κ1) is 12.8. The average Bonchev–Trinajstić information content (AvgIpc) is 2.00. The highest BCUT2D eigenvalue weighted by Gasteiger charge is 2.20. The van der Waals surface area contributed by atoms with Crippen LogP contribution in [0.3, 0.4) is 0 Å². The largest absolute Gasteiger partial charge is 0.480 e. The summed E-state index contributed by atoms with van der Waals surface area (Å²) < 4.78 is 0. The molecule has 5 N–H and O–H groups in total. The quantitative estimate of drug-likeness (QED) is 0.307. The van der Waals surface area contributed by atoms with Crippen LogP contribution in [0.4, 0.5) is 0 Å². The molecule has 14 heavy (non-hydrogen) atoms. The van der Waals surface area contributed by atoms with E-state index in [9.17, 15) is 14.7 Å². The maximum atomic E-state index is 10.1. The third-order valence-corrected chi connectivity index (χ3v) is 1.37. The first-order valence-electron chi connectivity index (χ1n) is 3.95. The Labute approximate surface area is 80.7 Å². The summed E-state index contributed by atoms with van der Waals surface area (Å²) in [5.41, 5.74) is -1.44. The normalized spacial score (nSPS) is 14.7. The second kappa shape index (κ2) is 5.53. The minimum atomic E-state index is -1.44. The molecule has 0 radical (unpaired) electrons. The number of carboxylic acid groups (broad SMARTS) is 2. The number of aliphatic hydroxyl groups is 1. The van der Waals surface area contributed by atoms with E-state index >= 15 is 0 Å². The van der Waals surface area contributed by atoms with Crippen molar-refractivity contribution in [1.29, 1.82) is 0 Å². The molecular formula is C7H14N2O5. The molecule has 0 spiro atoms. The predicted molar refractivity (Wildman–Crippen MR) is 46.8 cm³/mol. The van der Waals surface area contributed by atoms with Crippen LogP contribution in [0.15, 0.2) is 0 Å². The summed E-state index contributed by atoms with van der Waals surface area (Å²) in [6, 6.07) is 0. The van der Waals surface area contributed by atoms with E-state index in [2.05, 4.69) is 10.6 Å². The lowest BCUT2D eigenvalue weighted by Crippen LogP contribution is -2.52. The minimum Gasteiger partial charge on any atom is -0.480 e. The number of rotatable bonds is 7. The van der Waals surface area contributed by atoms with E-state index in [1.54, 1.807) is 0 Å². The molecule has 0 aliphatic rings. The molecule has 0 aromatic carbocycles. The number of nitrogens with one attached hydrogen (secondary N) is 2. The number of aliphatic carboxylic acids is 2. The van der Waals surface area contributed by atoms with Gasteiger partial charge in [0.05, 0.1) is 13.1 Å². The molecule has 0 aliphatic heterocycles. The number of carboxylic acids is 2. The lowest BCUT2D eigenvalue weighted by molar-refractivity contribution is -0.138. The van der Waals surface area contributed by atoms with Crippen LogP contribution in [-0.2, 0) is 9.59 Å². The Morgan fingerprint density at radius 1 is 1.21 bits per heavy atom. The van der Waals surface area contributed by atoms with Gasteiger partial charge in [-0.1, -0.05) is 0 Å². The van der Waals surface area contributed by atoms with Gasteiger partial charge in [0.1, 0.15) is 5.72 Å². The first-order valence-corrected chi connectivity index (χ1v) is 3.95. The molecule has 0 saturated heterocycles. The topological polar surface area (TPSA) is 119 Å².